The molecule has 0 bridgehead atoms. The first kappa shape index (κ1) is 11.6. The van der Waals surface area contributed by atoms with Crippen molar-refractivity contribution in [2.45, 2.75) is 33.2 Å². The SMILES string of the molecule is CC(C)CC1CCN(Cc2cncn2C)C1. The molecule has 0 radical (unpaired) electrons. The molecule has 0 saturated carbocycles. The Hall–Kier alpha value is -0.830. The number of aromatic nitrogens is 2. The van der Waals surface area contributed by atoms with Crippen molar-refractivity contribution in [3.05, 3.63) is 18.2 Å². The predicted octanol–water partition coefficient (Wildman–Crippen LogP) is 2.29. The fourth-order valence-electron chi connectivity index (χ4n) is 2.68. The van der Waals surface area contributed by atoms with Crippen LogP contribution in [0.25, 0.3) is 0 Å². The van der Waals surface area contributed by atoms with E-state index in [2.05, 4.69) is 35.3 Å². The molecule has 1 aliphatic rings. The number of likely N-dealkylation sites (tertiary alicyclic amines) is 1. The quantitative estimate of drug-likeness (QED) is 0.778. The third kappa shape index (κ3) is 2.85. The fraction of sp³-hybridized carbons (Fsp3) is 0.769. The lowest BCUT2D eigenvalue weighted by molar-refractivity contribution is 0.299. The zero-order valence-corrected chi connectivity index (χ0v) is 10.7. The van der Waals surface area contributed by atoms with E-state index < -0.39 is 0 Å². The van der Waals surface area contributed by atoms with Gasteiger partial charge in [-0.2, -0.15) is 0 Å². The van der Waals surface area contributed by atoms with Crippen molar-refractivity contribution in [3.8, 4) is 0 Å². The van der Waals surface area contributed by atoms with Crippen LogP contribution >= 0.6 is 0 Å². The van der Waals surface area contributed by atoms with Crippen molar-refractivity contribution in [3.63, 3.8) is 0 Å². The predicted molar refractivity (Wildman–Crippen MR) is 66.0 cm³/mol. The van der Waals surface area contributed by atoms with Gasteiger partial charge in [0.05, 0.1) is 12.0 Å². The van der Waals surface area contributed by atoms with Crippen LogP contribution in [0.1, 0.15) is 32.4 Å². The molecule has 0 N–H and O–H groups in total. The highest BCUT2D eigenvalue weighted by molar-refractivity contribution is 4.98. The van der Waals surface area contributed by atoms with Crippen LogP contribution in [-0.4, -0.2) is 27.5 Å². The summed E-state index contributed by atoms with van der Waals surface area (Å²) in [6.45, 7) is 8.23. The summed E-state index contributed by atoms with van der Waals surface area (Å²) in [6, 6.07) is 0. The molecule has 90 valence electrons. The van der Waals surface area contributed by atoms with Crippen LogP contribution in [0.4, 0.5) is 0 Å². The van der Waals surface area contributed by atoms with Gasteiger partial charge in [-0.1, -0.05) is 13.8 Å². The number of hydrogen-bond donors (Lipinski definition) is 0. The molecule has 1 aromatic heterocycles. The van der Waals surface area contributed by atoms with E-state index in [0.717, 1.165) is 18.4 Å². The van der Waals surface area contributed by atoms with Gasteiger partial charge >= 0.3 is 0 Å². The molecule has 16 heavy (non-hydrogen) atoms. The minimum Gasteiger partial charge on any atom is -0.337 e. The van der Waals surface area contributed by atoms with Gasteiger partial charge in [-0.05, 0) is 31.2 Å². The number of imidazole rings is 1. The van der Waals surface area contributed by atoms with Crippen LogP contribution in [0.15, 0.2) is 12.5 Å². The molecule has 0 spiro atoms. The van der Waals surface area contributed by atoms with Gasteiger partial charge in [0.25, 0.3) is 0 Å². The van der Waals surface area contributed by atoms with E-state index in [-0.39, 0.29) is 0 Å². The lowest BCUT2D eigenvalue weighted by atomic mass is 9.97. The largest absolute Gasteiger partial charge is 0.337 e. The van der Waals surface area contributed by atoms with Gasteiger partial charge in [0.2, 0.25) is 0 Å². The van der Waals surface area contributed by atoms with Gasteiger partial charge in [0, 0.05) is 26.3 Å². The van der Waals surface area contributed by atoms with Crippen LogP contribution < -0.4 is 0 Å². The molecular weight excluding hydrogens is 198 g/mol. The summed E-state index contributed by atoms with van der Waals surface area (Å²) in [7, 11) is 2.07. The van der Waals surface area contributed by atoms with Gasteiger partial charge in [-0.15, -0.1) is 0 Å². The van der Waals surface area contributed by atoms with Crippen molar-refractivity contribution in [2.24, 2.45) is 18.9 Å². The van der Waals surface area contributed by atoms with Crippen molar-refractivity contribution < 1.29 is 0 Å². The lowest BCUT2D eigenvalue weighted by Crippen LogP contribution is -2.21. The maximum Gasteiger partial charge on any atom is 0.0945 e. The highest BCUT2D eigenvalue weighted by Crippen LogP contribution is 2.24. The Labute approximate surface area is 98.5 Å². The van der Waals surface area contributed by atoms with Crippen LogP contribution in [0.5, 0.6) is 0 Å². The highest BCUT2D eigenvalue weighted by atomic mass is 15.2. The third-order valence-electron chi connectivity index (χ3n) is 3.48. The lowest BCUT2D eigenvalue weighted by Gasteiger charge is -2.16. The van der Waals surface area contributed by atoms with Crippen molar-refractivity contribution >= 4 is 0 Å². The summed E-state index contributed by atoms with van der Waals surface area (Å²) in [6.07, 6.45) is 6.62. The molecule has 3 heteroatoms. The Balaban J connectivity index is 1.83. The molecule has 0 aliphatic carbocycles. The number of hydrogen-bond acceptors (Lipinski definition) is 2. The van der Waals surface area contributed by atoms with E-state index in [4.69, 9.17) is 0 Å². The van der Waals surface area contributed by atoms with Crippen LogP contribution in [0.2, 0.25) is 0 Å². The van der Waals surface area contributed by atoms with Gasteiger partial charge in [0.1, 0.15) is 0 Å². The second-order valence-electron chi connectivity index (χ2n) is 5.52. The van der Waals surface area contributed by atoms with E-state index in [9.17, 15) is 0 Å². The molecule has 1 saturated heterocycles. The summed E-state index contributed by atoms with van der Waals surface area (Å²) < 4.78 is 2.12. The molecule has 1 aliphatic heterocycles. The molecule has 1 unspecified atom stereocenters. The summed E-state index contributed by atoms with van der Waals surface area (Å²) in [5.41, 5.74) is 1.32. The maximum atomic E-state index is 4.17. The van der Waals surface area contributed by atoms with Crippen LogP contribution in [0, 0.1) is 11.8 Å². The molecule has 2 rings (SSSR count). The molecule has 3 nitrogen and oxygen atoms in total. The molecule has 1 atom stereocenters. The Morgan fingerprint density at radius 1 is 1.50 bits per heavy atom. The first-order valence-corrected chi connectivity index (χ1v) is 6.32. The highest BCUT2D eigenvalue weighted by Gasteiger charge is 2.23. The zero-order chi connectivity index (χ0) is 11.5. The van der Waals surface area contributed by atoms with E-state index in [1.165, 1.54) is 31.6 Å². The minimum absolute atomic E-state index is 0.835. The zero-order valence-electron chi connectivity index (χ0n) is 10.7. The van der Waals surface area contributed by atoms with Gasteiger partial charge in [-0.3, -0.25) is 4.90 Å². The summed E-state index contributed by atoms with van der Waals surface area (Å²) >= 11 is 0. The molecule has 1 fully saturated rings. The molecular formula is C13H23N3. The second kappa shape index (κ2) is 5.00. The van der Waals surface area contributed by atoms with Crippen molar-refractivity contribution in [1.82, 2.24) is 14.5 Å². The van der Waals surface area contributed by atoms with E-state index in [1.54, 1.807) is 0 Å². The van der Waals surface area contributed by atoms with Crippen LogP contribution in [0.3, 0.4) is 0 Å². The fourth-order valence-corrected chi connectivity index (χ4v) is 2.68. The maximum absolute atomic E-state index is 4.17. The summed E-state index contributed by atoms with van der Waals surface area (Å²) in [4.78, 5) is 6.73. The Morgan fingerprint density at radius 2 is 2.31 bits per heavy atom. The second-order valence-corrected chi connectivity index (χ2v) is 5.52. The van der Waals surface area contributed by atoms with Gasteiger partial charge in [-0.25, -0.2) is 4.98 Å². The average molecular weight is 221 g/mol. The minimum atomic E-state index is 0.835. The molecule has 0 aromatic carbocycles. The molecule has 0 amide bonds. The first-order valence-electron chi connectivity index (χ1n) is 6.32. The first-order chi connectivity index (χ1) is 7.65. The van der Waals surface area contributed by atoms with Gasteiger partial charge < -0.3 is 4.57 Å². The van der Waals surface area contributed by atoms with Crippen LogP contribution in [-0.2, 0) is 13.6 Å². The normalized spacial score (nSPS) is 22.1. The Morgan fingerprint density at radius 3 is 2.94 bits per heavy atom. The standard InChI is InChI=1S/C13H23N3/c1-11(2)6-12-4-5-16(8-12)9-13-7-14-10-15(13)3/h7,10-12H,4-6,8-9H2,1-3H3. The number of aryl methyl sites for hydroxylation is 1. The van der Waals surface area contributed by atoms with E-state index in [1.807, 2.05) is 12.5 Å². The topological polar surface area (TPSA) is 21.1 Å². The third-order valence-corrected chi connectivity index (χ3v) is 3.48. The summed E-state index contributed by atoms with van der Waals surface area (Å²) in [5.74, 6) is 1.75. The molecule has 1 aromatic rings. The number of nitrogens with zero attached hydrogens (tertiary/aromatic N) is 3. The van der Waals surface area contributed by atoms with E-state index >= 15 is 0 Å². The van der Waals surface area contributed by atoms with Gasteiger partial charge in [0.15, 0.2) is 0 Å². The van der Waals surface area contributed by atoms with Crippen molar-refractivity contribution in [1.29, 1.82) is 0 Å². The Bertz CT molecular complexity index is 330. The average Bonchev–Trinajstić information content (AvgIpc) is 2.77. The smallest absolute Gasteiger partial charge is 0.0945 e. The molecule has 2 heterocycles. The van der Waals surface area contributed by atoms with E-state index in [0.29, 0.717) is 0 Å². The Kier molecular flexibility index (Phi) is 3.64. The monoisotopic (exact) mass is 221 g/mol. The van der Waals surface area contributed by atoms with Crippen molar-refractivity contribution in [2.75, 3.05) is 13.1 Å². The number of rotatable bonds is 4. The summed E-state index contributed by atoms with van der Waals surface area (Å²) in [5, 5.41) is 0.